The van der Waals surface area contributed by atoms with Crippen molar-refractivity contribution >= 4 is 10.9 Å². The molecular formula is C12H12N6. The zero-order valence-corrected chi connectivity index (χ0v) is 9.69. The van der Waals surface area contributed by atoms with Crippen molar-refractivity contribution in [1.29, 1.82) is 0 Å². The third-order valence-electron chi connectivity index (χ3n) is 2.73. The van der Waals surface area contributed by atoms with Crippen LogP contribution in [0.5, 0.6) is 0 Å². The molecule has 0 aliphatic carbocycles. The smallest absolute Gasteiger partial charge is 0.182 e. The van der Waals surface area contributed by atoms with Gasteiger partial charge >= 0.3 is 0 Å². The van der Waals surface area contributed by atoms with Gasteiger partial charge in [-0.05, 0) is 34.7 Å². The number of nitrogens with two attached hydrogens (primary N) is 1. The zero-order valence-electron chi connectivity index (χ0n) is 9.69. The number of hydrogen-bond donors (Lipinski definition) is 1. The number of rotatable bonds is 3. The van der Waals surface area contributed by atoms with E-state index < -0.39 is 0 Å². The van der Waals surface area contributed by atoms with Gasteiger partial charge in [-0.25, -0.2) is 4.68 Å². The van der Waals surface area contributed by atoms with Crippen LogP contribution >= 0.6 is 0 Å². The van der Waals surface area contributed by atoms with E-state index in [-0.39, 0.29) is 0 Å². The largest absolute Gasteiger partial charge is 0.329 e. The van der Waals surface area contributed by atoms with Crippen LogP contribution < -0.4 is 5.73 Å². The summed E-state index contributed by atoms with van der Waals surface area (Å²) in [5, 5.41) is 12.7. The highest BCUT2D eigenvalue weighted by Gasteiger charge is 2.08. The van der Waals surface area contributed by atoms with Crippen molar-refractivity contribution in [3.8, 4) is 11.4 Å². The van der Waals surface area contributed by atoms with E-state index in [1.165, 1.54) is 0 Å². The first kappa shape index (κ1) is 10.8. The van der Waals surface area contributed by atoms with Crippen LogP contribution in [0, 0.1) is 0 Å². The van der Waals surface area contributed by atoms with E-state index in [9.17, 15) is 0 Å². The van der Waals surface area contributed by atoms with E-state index in [2.05, 4.69) is 20.5 Å². The van der Waals surface area contributed by atoms with Crippen molar-refractivity contribution in [2.75, 3.05) is 6.54 Å². The molecule has 6 heteroatoms. The third-order valence-corrected chi connectivity index (χ3v) is 2.73. The Morgan fingerprint density at radius 2 is 2.17 bits per heavy atom. The standard InChI is InChI=1S/C12H12N6/c13-5-7-18-12(15-16-17-18)10-3-4-11-9(8-10)2-1-6-14-11/h1-4,6,8H,5,7,13H2. The normalized spacial score (nSPS) is 10.9. The second-order valence-corrected chi connectivity index (χ2v) is 3.93. The van der Waals surface area contributed by atoms with Gasteiger partial charge in [-0.1, -0.05) is 6.07 Å². The van der Waals surface area contributed by atoms with Crippen molar-refractivity contribution in [2.45, 2.75) is 6.54 Å². The molecule has 2 aromatic heterocycles. The monoisotopic (exact) mass is 240 g/mol. The first-order valence-electron chi connectivity index (χ1n) is 5.70. The number of fused-ring (bicyclic) bond motifs is 1. The Balaban J connectivity index is 2.10. The summed E-state index contributed by atoms with van der Waals surface area (Å²) in [4.78, 5) is 4.28. The van der Waals surface area contributed by atoms with Crippen molar-refractivity contribution in [2.24, 2.45) is 5.73 Å². The molecule has 3 rings (SSSR count). The first-order valence-corrected chi connectivity index (χ1v) is 5.70. The Bertz CT molecular complexity index is 675. The van der Waals surface area contributed by atoms with E-state index in [0.29, 0.717) is 13.1 Å². The zero-order chi connectivity index (χ0) is 12.4. The minimum atomic E-state index is 0.507. The molecule has 18 heavy (non-hydrogen) atoms. The van der Waals surface area contributed by atoms with Gasteiger partial charge in [0, 0.05) is 23.7 Å². The molecular weight excluding hydrogens is 228 g/mol. The number of benzene rings is 1. The van der Waals surface area contributed by atoms with Gasteiger partial charge < -0.3 is 5.73 Å². The summed E-state index contributed by atoms with van der Waals surface area (Å²) in [7, 11) is 0. The predicted molar refractivity (Wildman–Crippen MR) is 67.6 cm³/mol. The highest BCUT2D eigenvalue weighted by Crippen LogP contribution is 2.20. The fourth-order valence-electron chi connectivity index (χ4n) is 1.90. The average Bonchev–Trinajstić information content (AvgIpc) is 2.87. The summed E-state index contributed by atoms with van der Waals surface area (Å²) in [5.74, 6) is 0.728. The number of hydrogen-bond acceptors (Lipinski definition) is 5. The van der Waals surface area contributed by atoms with E-state index in [1.807, 2.05) is 30.3 Å². The van der Waals surface area contributed by atoms with Gasteiger partial charge in [0.1, 0.15) is 0 Å². The van der Waals surface area contributed by atoms with Gasteiger partial charge in [0.05, 0.1) is 12.1 Å². The van der Waals surface area contributed by atoms with Crippen molar-refractivity contribution < 1.29 is 0 Å². The average molecular weight is 240 g/mol. The summed E-state index contributed by atoms with van der Waals surface area (Å²) in [5.41, 5.74) is 7.45. The minimum absolute atomic E-state index is 0.507. The van der Waals surface area contributed by atoms with Gasteiger partial charge in [0.2, 0.25) is 0 Å². The highest BCUT2D eigenvalue weighted by molar-refractivity contribution is 5.82. The van der Waals surface area contributed by atoms with Gasteiger partial charge in [-0.15, -0.1) is 5.10 Å². The van der Waals surface area contributed by atoms with Crippen LogP contribution in [0.1, 0.15) is 0 Å². The molecule has 0 aliphatic heterocycles. The lowest BCUT2D eigenvalue weighted by atomic mass is 10.1. The van der Waals surface area contributed by atoms with Crippen LogP contribution in [0.2, 0.25) is 0 Å². The Hall–Kier alpha value is -2.34. The van der Waals surface area contributed by atoms with Crippen molar-refractivity contribution in [3.63, 3.8) is 0 Å². The molecule has 0 spiro atoms. The molecule has 2 N–H and O–H groups in total. The van der Waals surface area contributed by atoms with E-state index in [4.69, 9.17) is 5.73 Å². The molecule has 0 bridgehead atoms. The Labute approximate surface area is 103 Å². The van der Waals surface area contributed by atoms with E-state index in [1.54, 1.807) is 10.9 Å². The summed E-state index contributed by atoms with van der Waals surface area (Å²) < 4.78 is 1.71. The second kappa shape index (κ2) is 4.50. The number of pyridine rings is 1. The SMILES string of the molecule is NCCn1nnnc1-c1ccc2ncccc2c1. The maximum atomic E-state index is 5.53. The fraction of sp³-hybridized carbons (Fsp3) is 0.167. The second-order valence-electron chi connectivity index (χ2n) is 3.93. The predicted octanol–water partition coefficient (Wildman–Crippen LogP) is 0.847. The molecule has 0 atom stereocenters. The molecule has 0 amide bonds. The third kappa shape index (κ3) is 1.82. The van der Waals surface area contributed by atoms with Gasteiger partial charge in [0.15, 0.2) is 5.82 Å². The molecule has 0 aliphatic rings. The Kier molecular flexibility index (Phi) is 2.70. The van der Waals surface area contributed by atoms with Crippen LogP contribution in [0.25, 0.3) is 22.3 Å². The van der Waals surface area contributed by atoms with Gasteiger partial charge in [-0.3, -0.25) is 4.98 Å². The molecule has 0 unspecified atom stereocenters. The maximum Gasteiger partial charge on any atom is 0.182 e. The van der Waals surface area contributed by atoms with Crippen LogP contribution in [-0.4, -0.2) is 31.7 Å². The van der Waals surface area contributed by atoms with Crippen molar-refractivity contribution in [3.05, 3.63) is 36.5 Å². The van der Waals surface area contributed by atoms with Crippen LogP contribution in [0.15, 0.2) is 36.5 Å². The molecule has 1 aromatic carbocycles. The topological polar surface area (TPSA) is 82.5 Å². The Morgan fingerprint density at radius 3 is 3.06 bits per heavy atom. The molecule has 0 saturated heterocycles. The van der Waals surface area contributed by atoms with E-state index in [0.717, 1.165) is 22.3 Å². The Morgan fingerprint density at radius 1 is 1.22 bits per heavy atom. The lowest BCUT2D eigenvalue weighted by molar-refractivity contribution is 0.603. The summed E-state index contributed by atoms with van der Waals surface area (Å²) in [6.45, 7) is 1.11. The number of nitrogens with zero attached hydrogens (tertiary/aromatic N) is 5. The molecule has 0 saturated carbocycles. The molecule has 0 fully saturated rings. The number of aromatic nitrogens is 5. The molecule has 0 radical (unpaired) electrons. The molecule has 3 aromatic rings. The lowest BCUT2D eigenvalue weighted by Gasteiger charge is -2.04. The number of tetrazole rings is 1. The molecule has 90 valence electrons. The van der Waals surface area contributed by atoms with E-state index >= 15 is 0 Å². The minimum Gasteiger partial charge on any atom is -0.329 e. The van der Waals surface area contributed by atoms with Crippen LogP contribution in [0.4, 0.5) is 0 Å². The summed E-state index contributed by atoms with van der Waals surface area (Å²) >= 11 is 0. The quantitative estimate of drug-likeness (QED) is 0.733. The first-order chi connectivity index (χ1) is 8.88. The van der Waals surface area contributed by atoms with Gasteiger partial charge in [0.25, 0.3) is 0 Å². The highest BCUT2D eigenvalue weighted by atomic mass is 15.5. The van der Waals surface area contributed by atoms with Crippen molar-refractivity contribution in [1.82, 2.24) is 25.2 Å². The lowest BCUT2D eigenvalue weighted by Crippen LogP contribution is -2.12. The van der Waals surface area contributed by atoms with Crippen LogP contribution in [0.3, 0.4) is 0 Å². The summed E-state index contributed by atoms with van der Waals surface area (Å²) in [6.07, 6.45) is 1.78. The maximum absolute atomic E-state index is 5.53. The fourth-order valence-corrected chi connectivity index (χ4v) is 1.90. The molecule has 6 nitrogen and oxygen atoms in total. The van der Waals surface area contributed by atoms with Gasteiger partial charge in [-0.2, -0.15) is 0 Å². The molecule has 2 heterocycles. The summed E-state index contributed by atoms with van der Waals surface area (Å²) in [6, 6.07) is 9.89. The van der Waals surface area contributed by atoms with Crippen LogP contribution in [-0.2, 0) is 6.54 Å².